The lowest BCUT2D eigenvalue weighted by Gasteiger charge is -2.51. The van der Waals surface area contributed by atoms with Crippen LogP contribution in [0.3, 0.4) is 0 Å². The molecule has 1 fully saturated rings. The molecule has 1 aliphatic carbocycles. The van der Waals surface area contributed by atoms with Gasteiger partial charge in [0.25, 0.3) is 0 Å². The molecule has 2 aromatic rings. The van der Waals surface area contributed by atoms with Gasteiger partial charge in [-0.2, -0.15) is 0 Å². The predicted molar refractivity (Wildman–Crippen MR) is 106 cm³/mol. The first-order valence-electron chi connectivity index (χ1n) is 9.03. The molecule has 4 rings (SSSR count). The van der Waals surface area contributed by atoms with Gasteiger partial charge in [-0.25, -0.2) is 0 Å². The molecule has 0 saturated heterocycles. The van der Waals surface area contributed by atoms with Gasteiger partial charge in [0.05, 0.1) is 14.2 Å². The van der Waals surface area contributed by atoms with Gasteiger partial charge in [0.1, 0.15) is 0 Å². The van der Waals surface area contributed by atoms with Gasteiger partial charge in [0.2, 0.25) is 0 Å². The van der Waals surface area contributed by atoms with E-state index in [1.807, 2.05) is 12.1 Å². The minimum atomic E-state index is -0.00353. The number of rotatable bonds is 4. The summed E-state index contributed by atoms with van der Waals surface area (Å²) in [6, 6.07) is 10.4. The third-order valence-electron chi connectivity index (χ3n) is 5.97. The third kappa shape index (κ3) is 2.77. The second kappa shape index (κ2) is 6.95. The van der Waals surface area contributed by atoms with Crippen LogP contribution in [-0.4, -0.2) is 20.8 Å². The van der Waals surface area contributed by atoms with Crippen LogP contribution < -0.4 is 14.8 Å². The number of hydrogen-bond acceptors (Lipinski definition) is 3. The van der Waals surface area contributed by atoms with Crippen LogP contribution in [0, 0.1) is 0 Å². The zero-order valence-electron chi connectivity index (χ0n) is 15.1. The van der Waals surface area contributed by atoms with Crippen molar-refractivity contribution in [2.45, 2.75) is 37.1 Å². The maximum Gasteiger partial charge on any atom is 0.161 e. The molecule has 0 bridgehead atoms. The van der Waals surface area contributed by atoms with Gasteiger partial charge in [-0.05, 0) is 66.8 Å². The normalized spacial score (nSPS) is 20.8. The van der Waals surface area contributed by atoms with Crippen molar-refractivity contribution < 1.29 is 9.47 Å². The second-order valence-corrected chi connectivity index (χ2v) is 8.02. The summed E-state index contributed by atoms with van der Waals surface area (Å²) >= 11 is 12.8. The molecule has 26 heavy (non-hydrogen) atoms. The Bertz CT molecular complexity index is 833. The topological polar surface area (TPSA) is 30.5 Å². The van der Waals surface area contributed by atoms with Crippen LogP contribution in [0.5, 0.6) is 11.5 Å². The van der Waals surface area contributed by atoms with Crippen molar-refractivity contribution in [3.63, 3.8) is 0 Å². The summed E-state index contributed by atoms with van der Waals surface area (Å²) in [5, 5.41) is 5.19. The Balaban J connectivity index is 1.83. The molecule has 1 saturated carbocycles. The molecule has 0 aromatic heterocycles. The molecule has 138 valence electrons. The van der Waals surface area contributed by atoms with Crippen molar-refractivity contribution in [1.82, 2.24) is 5.32 Å². The van der Waals surface area contributed by atoms with Crippen LogP contribution in [0.2, 0.25) is 10.0 Å². The van der Waals surface area contributed by atoms with Gasteiger partial charge < -0.3 is 14.8 Å². The molecule has 2 aliphatic rings. The minimum Gasteiger partial charge on any atom is -0.493 e. The van der Waals surface area contributed by atoms with Crippen LogP contribution in [0.1, 0.15) is 42.0 Å². The molecule has 1 unspecified atom stereocenters. The number of halogens is 2. The van der Waals surface area contributed by atoms with Crippen LogP contribution in [-0.2, 0) is 11.8 Å². The summed E-state index contributed by atoms with van der Waals surface area (Å²) in [4.78, 5) is 0. The average Bonchev–Trinajstić information content (AvgIpc) is 2.61. The zero-order chi connectivity index (χ0) is 18.3. The highest BCUT2D eigenvalue weighted by atomic mass is 35.5. The van der Waals surface area contributed by atoms with E-state index in [4.69, 9.17) is 32.7 Å². The molecule has 0 amide bonds. The molecule has 1 N–H and O–H groups in total. The first kappa shape index (κ1) is 18.0. The molecule has 1 heterocycles. The zero-order valence-corrected chi connectivity index (χ0v) is 16.6. The third-order valence-corrected chi connectivity index (χ3v) is 6.51. The van der Waals surface area contributed by atoms with Gasteiger partial charge >= 0.3 is 0 Å². The van der Waals surface area contributed by atoms with Gasteiger partial charge in [0, 0.05) is 21.5 Å². The minimum absolute atomic E-state index is 0.00353. The summed E-state index contributed by atoms with van der Waals surface area (Å²) in [6.07, 6.45) is 4.41. The Morgan fingerprint density at radius 3 is 2.38 bits per heavy atom. The van der Waals surface area contributed by atoms with E-state index in [2.05, 4.69) is 23.5 Å². The van der Waals surface area contributed by atoms with E-state index in [0.717, 1.165) is 42.3 Å². The first-order chi connectivity index (χ1) is 12.6. The molecule has 2 aromatic carbocycles. The number of fused-ring (bicyclic) bond motifs is 1. The van der Waals surface area contributed by atoms with E-state index in [-0.39, 0.29) is 11.5 Å². The lowest BCUT2D eigenvalue weighted by Crippen LogP contribution is -2.49. The van der Waals surface area contributed by atoms with Crippen molar-refractivity contribution in [3.8, 4) is 11.5 Å². The summed E-state index contributed by atoms with van der Waals surface area (Å²) in [5.41, 5.74) is 3.80. The van der Waals surface area contributed by atoms with Crippen molar-refractivity contribution in [3.05, 3.63) is 57.1 Å². The number of methoxy groups -OCH3 is 2. The number of ether oxygens (including phenoxy) is 2. The Labute approximate surface area is 164 Å². The molecular formula is C21H23Cl2NO2. The average molecular weight is 392 g/mol. The molecule has 0 radical (unpaired) electrons. The summed E-state index contributed by atoms with van der Waals surface area (Å²) in [6.45, 7) is 0.945. The quantitative estimate of drug-likeness (QED) is 0.764. The molecule has 1 atom stereocenters. The van der Waals surface area contributed by atoms with E-state index in [1.54, 1.807) is 14.2 Å². The predicted octanol–water partition coefficient (Wildman–Crippen LogP) is 5.32. The first-order valence-corrected chi connectivity index (χ1v) is 9.78. The van der Waals surface area contributed by atoms with Gasteiger partial charge in [-0.15, -0.1) is 0 Å². The summed E-state index contributed by atoms with van der Waals surface area (Å²) in [5.74, 6) is 1.57. The monoisotopic (exact) mass is 391 g/mol. The van der Waals surface area contributed by atoms with E-state index in [0.29, 0.717) is 5.02 Å². The fourth-order valence-corrected chi connectivity index (χ4v) is 5.14. The van der Waals surface area contributed by atoms with E-state index in [9.17, 15) is 0 Å². The Kier molecular flexibility index (Phi) is 4.81. The number of benzene rings is 2. The highest BCUT2D eigenvalue weighted by Gasteiger charge is 2.48. The van der Waals surface area contributed by atoms with Crippen molar-refractivity contribution in [1.29, 1.82) is 0 Å². The lowest BCUT2D eigenvalue weighted by molar-refractivity contribution is 0.164. The van der Waals surface area contributed by atoms with Gasteiger partial charge in [-0.3, -0.25) is 0 Å². The molecule has 3 nitrogen and oxygen atoms in total. The fraction of sp³-hybridized carbons (Fsp3) is 0.429. The second-order valence-electron chi connectivity index (χ2n) is 7.18. The fourth-order valence-electron chi connectivity index (χ4n) is 4.54. The molecular weight excluding hydrogens is 369 g/mol. The maximum absolute atomic E-state index is 6.62. The highest BCUT2D eigenvalue weighted by Crippen LogP contribution is 2.55. The maximum atomic E-state index is 6.62. The summed E-state index contributed by atoms with van der Waals surface area (Å²) in [7, 11) is 3.37. The smallest absolute Gasteiger partial charge is 0.161 e. The van der Waals surface area contributed by atoms with Crippen molar-refractivity contribution >= 4 is 23.2 Å². The van der Waals surface area contributed by atoms with Crippen LogP contribution in [0.4, 0.5) is 0 Å². The number of nitrogens with one attached hydrogen (secondary N) is 1. The van der Waals surface area contributed by atoms with Crippen LogP contribution >= 0.6 is 23.2 Å². The van der Waals surface area contributed by atoms with E-state index >= 15 is 0 Å². The van der Waals surface area contributed by atoms with E-state index < -0.39 is 0 Å². The van der Waals surface area contributed by atoms with Crippen molar-refractivity contribution in [2.24, 2.45) is 0 Å². The Morgan fingerprint density at radius 1 is 1.04 bits per heavy atom. The SMILES string of the molecule is COc1cc2c(cc1OC)C(C1(c3ccc(Cl)cc3Cl)CCC1)NCC2. The van der Waals surface area contributed by atoms with Crippen LogP contribution in [0.15, 0.2) is 30.3 Å². The van der Waals surface area contributed by atoms with E-state index in [1.165, 1.54) is 23.1 Å². The largest absolute Gasteiger partial charge is 0.493 e. The highest BCUT2D eigenvalue weighted by molar-refractivity contribution is 6.35. The van der Waals surface area contributed by atoms with Gasteiger partial charge in [-0.1, -0.05) is 35.7 Å². The molecule has 0 spiro atoms. The Morgan fingerprint density at radius 2 is 1.77 bits per heavy atom. The van der Waals surface area contributed by atoms with Crippen molar-refractivity contribution in [2.75, 3.05) is 20.8 Å². The molecule has 5 heteroatoms. The lowest BCUT2D eigenvalue weighted by atomic mass is 9.58. The molecule has 1 aliphatic heterocycles. The van der Waals surface area contributed by atoms with Crippen LogP contribution in [0.25, 0.3) is 0 Å². The standard InChI is InChI=1S/C21H23Cl2NO2/c1-25-18-10-13-6-9-24-20(15(13)12-19(18)26-2)21(7-3-8-21)16-5-4-14(22)11-17(16)23/h4-5,10-12,20,24H,3,6-9H2,1-2H3. The summed E-state index contributed by atoms with van der Waals surface area (Å²) < 4.78 is 11.1. The Hall–Kier alpha value is -1.42. The van der Waals surface area contributed by atoms with Gasteiger partial charge in [0.15, 0.2) is 11.5 Å². The number of hydrogen-bond donors (Lipinski definition) is 1.